The fourth-order valence-electron chi connectivity index (χ4n) is 11.1. The Kier molecular flexibility index (Phi) is 63.6. The summed E-state index contributed by atoms with van der Waals surface area (Å²) in [7, 11) is 0. The first-order valence-corrected chi connectivity index (χ1v) is 33.9. The Balaban J connectivity index is 3.37. The Labute approximate surface area is 454 Å². The lowest BCUT2D eigenvalue weighted by Crippen LogP contribution is -2.45. The number of hydrogen-bond acceptors (Lipinski definition) is 3. The second kappa shape index (κ2) is 64.4. The van der Waals surface area contributed by atoms with E-state index in [9.17, 15) is 15.0 Å². The quantitative estimate of drug-likeness (QED) is 0.0420. The molecule has 0 spiro atoms. The van der Waals surface area contributed by atoms with Crippen molar-refractivity contribution in [1.29, 1.82) is 0 Å². The van der Waals surface area contributed by atoms with Crippen LogP contribution < -0.4 is 5.32 Å². The smallest absolute Gasteiger partial charge is 0.220 e. The first-order chi connectivity index (χ1) is 35.7. The van der Waals surface area contributed by atoms with E-state index in [0.29, 0.717) is 12.8 Å². The SMILES string of the molecule is CCCCCCCCCCCCCCCC/C=C\CCCCCCCCCCCCCCCCCCCC(=O)NC(CO)C(O)CCCCCCCCCCCCCCCCCCCCCCCCCCC. The number of aliphatic hydroxyl groups is 2. The van der Waals surface area contributed by atoms with Crippen LogP contribution in [0.4, 0.5) is 0 Å². The third-order valence-electron chi connectivity index (χ3n) is 16.3. The van der Waals surface area contributed by atoms with E-state index >= 15 is 0 Å². The van der Waals surface area contributed by atoms with Gasteiger partial charge in [-0.15, -0.1) is 0 Å². The largest absolute Gasteiger partial charge is 0.394 e. The van der Waals surface area contributed by atoms with Gasteiger partial charge in [0.15, 0.2) is 0 Å². The van der Waals surface area contributed by atoms with Crippen molar-refractivity contribution in [1.82, 2.24) is 5.32 Å². The molecule has 0 radical (unpaired) electrons. The third kappa shape index (κ3) is 60.0. The molecular formula is C68H135NO3. The van der Waals surface area contributed by atoms with Crippen LogP contribution in [0, 0.1) is 0 Å². The fraction of sp³-hybridized carbons (Fsp3) is 0.956. The molecule has 0 bridgehead atoms. The van der Waals surface area contributed by atoms with Crippen LogP contribution in [-0.4, -0.2) is 34.9 Å². The van der Waals surface area contributed by atoms with Gasteiger partial charge in [0.25, 0.3) is 0 Å². The zero-order chi connectivity index (χ0) is 52.0. The molecule has 2 atom stereocenters. The van der Waals surface area contributed by atoms with Crippen molar-refractivity contribution in [2.45, 2.75) is 411 Å². The van der Waals surface area contributed by atoms with Crippen LogP contribution in [0.3, 0.4) is 0 Å². The molecule has 4 heteroatoms. The fourth-order valence-corrected chi connectivity index (χ4v) is 11.1. The molecule has 4 nitrogen and oxygen atoms in total. The summed E-state index contributed by atoms with van der Waals surface area (Å²) in [4.78, 5) is 12.5. The number of aliphatic hydroxyl groups excluding tert-OH is 2. The van der Waals surface area contributed by atoms with E-state index in [4.69, 9.17) is 0 Å². The predicted molar refractivity (Wildman–Crippen MR) is 323 cm³/mol. The van der Waals surface area contributed by atoms with Gasteiger partial charge in [-0.3, -0.25) is 4.79 Å². The van der Waals surface area contributed by atoms with Gasteiger partial charge in [0.1, 0.15) is 0 Å². The van der Waals surface area contributed by atoms with Gasteiger partial charge in [-0.25, -0.2) is 0 Å². The highest BCUT2D eigenvalue weighted by Gasteiger charge is 2.20. The third-order valence-corrected chi connectivity index (χ3v) is 16.3. The maximum absolute atomic E-state index is 12.5. The van der Waals surface area contributed by atoms with Gasteiger partial charge < -0.3 is 15.5 Å². The van der Waals surface area contributed by atoms with Gasteiger partial charge in [0, 0.05) is 6.42 Å². The minimum atomic E-state index is -0.658. The average molecular weight is 1010 g/mol. The lowest BCUT2D eigenvalue weighted by molar-refractivity contribution is -0.123. The highest BCUT2D eigenvalue weighted by Crippen LogP contribution is 2.19. The van der Waals surface area contributed by atoms with E-state index in [1.165, 1.54) is 347 Å². The highest BCUT2D eigenvalue weighted by atomic mass is 16.3. The predicted octanol–water partition coefficient (Wildman–Crippen LogP) is 22.8. The van der Waals surface area contributed by atoms with E-state index in [1.807, 2.05) is 0 Å². The van der Waals surface area contributed by atoms with E-state index in [1.54, 1.807) is 0 Å². The molecule has 0 aliphatic rings. The first kappa shape index (κ1) is 71.1. The average Bonchev–Trinajstić information content (AvgIpc) is 3.39. The van der Waals surface area contributed by atoms with Gasteiger partial charge in [0.2, 0.25) is 5.91 Å². The number of unbranched alkanes of at least 4 members (excludes halogenated alkanes) is 55. The Hall–Kier alpha value is -0.870. The van der Waals surface area contributed by atoms with Gasteiger partial charge in [-0.2, -0.15) is 0 Å². The summed E-state index contributed by atoms with van der Waals surface area (Å²) in [5.74, 6) is -0.0217. The van der Waals surface area contributed by atoms with E-state index in [2.05, 4.69) is 31.3 Å². The number of hydrogen-bond donors (Lipinski definition) is 3. The summed E-state index contributed by atoms with van der Waals surface area (Å²) in [5, 5.41) is 23.4. The van der Waals surface area contributed by atoms with Crippen LogP contribution in [-0.2, 0) is 4.79 Å². The van der Waals surface area contributed by atoms with Gasteiger partial charge >= 0.3 is 0 Å². The molecule has 0 aromatic carbocycles. The van der Waals surface area contributed by atoms with Crippen LogP contribution >= 0.6 is 0 Å². The Morgan fingerprint density at radius 2 is 0.528 bits per heavy atom. The summed E-state index contributed by atoms with van der Waals surface area (Å²) < 4.78 is 0. The molecule has 0 saturated heterocycles. The van der Waals surface area contributed by atoms with Crippen LogP contribution in [0.1, 0.15) is 399 Å². The number of allylic oxidation sites excluding steroid dienone is 2. The standard InChI is InChI=1S/C68H135NO3/c1-3-5-7-9-11-13-15-17-19-21-23-25-27-29-30-31-32-33-34-35-36-37-38-40-42-44-46-48-50-52-54-56-58-60-62-64-68(72)69-66(65-70)67(71)63-61-59-57-55-53-51-49-47-45-43-41-39-28-26-24-22-20-18-16-14-12-10-8-6-4-2/h31-32,66-67,70-71H,3-30,33-65H2,1-2H3,(H,69,72)/b32-31-. The van der Waals surface area contributed by atoms with Crippen molar-refractivity contribution < 1.29 is 15.0 Å². The van der Waals surface area contributed by atoms with Crippen LogP contribution in [0.15, 0.2) is 12.2 Å². The van der Waals surface area contributed by atoms with Crippen molar-refractivity contribution in [3.05, 3.63) is 12.2 Å². The summed E-state index contributed by atoms with van der Waals surface area (Å²) in [6.45, 7) is 4.41. The highest BCUT2D eigenvalue weighted by molar-refractivity contribution is 5.76. The van der Waals surface area contributed by atoms with Crippen LogP contribution in [0.25, 0.3) is 0 Å². The molecule has 0 aromatic rings. The number of nitrogens with one attached hydrogen (secondary N) is 1. The number of carbonyl (C=O) groups is 1. The maximum atomic E-state index is 12.5. The zero-order valence-electron chi connectivity index (χ0n) is 49.7. The molecule has 3 N–H and O–H groups in total. The topological polar surface area (TPSA) is 69.6 Å². The summed E-state index contributed by atoms with van der Waals surface area (Å²) >= 11 is 0. The van der Waals surface area contributed by atoms with Crippen LogP contribution in [0.5, 0.6) is 0 Å². The summed E-state index contributed by atoms with van der Waals surface area (Å²) in [6.07, 6.45) is 85.5. The maximum Gasteiger partial charge on any atom is 0.220 e. The molecule has 1 amide bonds. The molecule has 0 fully saturated rings. The molecule has 0 heterocycles. The minimum absolute atomic E-state index is 0.0217. The second-order valence-electron chi connectivity index (χ2n) is 23.6. The first-order valence-electron chi connectivity index (χ1n) is 33.9. The summed E-state index contributed by atoms with van der Waals surface area (Å²) in [5.41, 5.74) is 0. The monoisotopic (exact) mass is 1010 g/mol. The molecule has 72 heavy (non-hydrogen) atoms. The summed E-state index contributed by atoms with van der Waals surface area (Å²) in [6, 6.07) is -0.534. The van der Waals surface area contributed by atoms with Crippen molar-refractivity contribution in [3.63, 3.8) is 0 Å². The lowest BCUT2D eigenvalue weighted by Gasteiger charge is -2.22. The van der Waals surface area contributed by atoms with E-state index < -0.39 is 12.1 Å². The van der Waals surface area contributed by atoms with E-state index in [0.717, 1.165) is 25.7 Å². The molecule has 0 aromatic heterocycles. The Morgan fingerprint density at radius 3 is 0.764 bits per heavy atom. The second-order valence-corrected chi connectivity index (χ2v) is 23.6. The number of amides is 1. The molecule has 430 valence electrons. The van der Waals surface area contributed by atoms with E-state index in [-0.39, 0.29) is 12.5 Å². The van der Waals surface area contributed by atoms with Gasteiger partial charge in [-0.05, 0) is 38.5 Å². The van der Waals surface area contributed by atoms with Crippen molar-refractivity contribution in [2.24, 2.45) is 0 Å². The molecule has 2 unspecified atom stereocenters. The molecule has 0 rings (SSSR count). The lowest BCUT2D eigenvalue weighted by atomic mass is 10.0. The Morgan fingerprint density at radius 1 is 0.319 bits per heavy atom. The molecule has 0 aliphatic heterocycles. The zero-order valence-corrected chi connectivity index (χ0v) is 49.7. The van der Waals surface area contributed by atoms with Crippen molar-refractivity contribution in [3.8, 4) is 0 Å². The van der Waals surface area contributed by atoms with Crippen LogP contribution in [0.2, 0.25) is 0 Å². The van der Waals surface area contributed by atoms with Crippen molar-refractivity contribution >= 4 is 5.91 Å². The number of carbonyl (C=O) groups excluding carboxylic acids is 1. The van der Waals surface area contributed by atoms with Gasteiger partial charge in [0.05, 0.1) is 18.8 Å². The number of rotatable bonds is 64. The minimum Gasteiger partial charge on any atom is -0.394 e. The Bertz CT molecular complexity index is 1010. The normalized spacial score (nSPS) is 12.7. The molecule has 0 saturated carbocycles. The molecular weight excluding hydrogens is 879 g/mol. The molecule has 0 aliphatic carbocycles. The van der Waals surface area contributed by atoms with Gasteiger partial charge in [-0.1, -0.05) is 366 Å². The van der Waals surface area contributed by atoms with Crippen molar-refractivity contribution in [2.75, 3.05) is 6.61 Å².